The molecule has 0 radical (unpaired) electrons. The summed E-state index contributed by atoms with van der Waals surface area (Å²) in [6.45, 7) is 4.56. The Morgan fingerprint density at radius 2 is 1.76 bits per heavy atom. The molecule has 2 atom stereocenters. The van der Waals surface area contributed by atoms with E-state index in [2.05, 4.69) is 5.32 Å². The number of amides is 1. The monoisotopic (exact) mass is 302 g/mol. The van der Waals surface area contributed by atoms with Gasteiger partial charge >= 0.3 is 0 Å². The molecule has 1 fully saturated rings. The summed E-state index contributed by atoms with van der Waals surface area (Å²) in [6.07, 6.45) is -0.114. The van der Waals surface area contributed by atoms with E-state index in [1.807, 2.05) is 13.8 Å². The molecule has 0 bridgehead atoms. The molecule has 1 heterocycles. The van der Waals surface area contributed by atoms with Gasteiger partial charge in [-0.3, -0.25) is 4.79 Å². The lowest BCUT2D eigenvalue weighted by Gasteiger charge is -2.35. The van der Waals surface area contributed by atoms with Crippen LogP contribution in [0.2, 0.25) is 0 Å². The van der Waals surface area contributed by atoms with Gasteiger partial charge in [0.2, 0.25) is 5.91 Å². The minimum atomic E-state index is -1.53. The fourth-order valence-corrected chi connectivity index (χ4v) is 2.33. The van der Waals surface area contributed by atoms with E-state index in [1.165, 1.54) is 0 Å². The molecule has 4 nitrogen and oxygen atoms in total. The van der Waals surface area contributed by atoms with Crippen LogP contribution in [0.3, 0.4) is 0 Å². The molecule has 0 unspecified atom stereocenters. The molecule has 1 aromatic rings. The summed E-state index contributed by atoms with van der Waals surface area (Å²) in [4.78, 5) is 13.7. The minimum absolute atomic E-state index is 0.0223. The summed E-state index contributed by atoms with van der Waals surface area (Å²) in [6, 6.07) is 1.63. The van der Waals surface area contributed by atoms with E-state index in [9.17, 15) is 18.0 Å². The Labute approximate surface area is 120 Å². The SMILES string of the molecule is C[C@@H]1CN(C(=O)CNc2cc(F)c(F)c(F)c2)C[C@H](C)O1. The van der Waals surface area contributed by atoms with E-state index in [0.717, 1.165) is 12.1 Å². The van der Waals surface area contributed by atoms with E-state index in [4.69, 9.17) is 4.74 Å². The molecule has 1 amide bonds. The van der Waals surface area contributed by atoms with Gasteiger partial charge in [0.05, 0.1) is 18.8 Å². The van der Waals surface area contributed by atoms with Crippen molar-refractivity contribution < 1.29 is 22.7 Å². The van der Waals surface area contributed by atoms with E-state index in [1.54, 1.807) is 4.90 Å². The number of ether oxygens (including phenoxy) is 1. The third-order valence-corrected chi connectivity index (χ3v) is 3.20. The summed E-state index contributed by atoms with van der Waals surface area (Å²) in [5.41, 5.74) is 0.0223. The second kappa shape index (κ2) is 6.34. The van der Waals surface area contributed by atoms with Crippen molar-refractivity contribution >= 4 is 11.6 Å². The molecule has 116 valence electrons. The fourth-order valence-electron chi connectivity index (χ4n) is 2.33. The topological polar surface area (TPSA) is 41.6 Å². The lowest BCUT2D eigenvalue weighted by atomic mass is 10.2. The summed E-state index contributed by atoms with van der Waals surface area (Å²) in [7, 11) is 0. The van der Waals surface area contributed by atoms with Crippen molar-refractivity contribution in [3.63, 3.8) is 0 Å². The van der Waals surface area contributed by atoms with Crippen molar-refractivity contribution in [1.29, 1.82) is 0 Å². The second-order valence-corrected chi connectivity index (χ2v) is 5.16. The smallest absolute Gasteiger partial charge is 0.242 e. The van der Waals surface area contributed by atoms with Crippen LogP contribution in [0.1, 0.15) is 13.8 Å². The first kappa shape index (κ1) is 15.6. The molecule has 0 saturated carbocycles. The maximum Gasteiger partial charge on any atom is 0.242 e. The molecule has 1 N–H and O–H groups in total. The highest BCUT2D eigenvalue weighted by molar-refractivity contribution is 5.81. The molecular weight excluding hydrogens is 285 g/mol. The average Bonchev–Trinajstić information content (AvgIpc) is 2.40. The van der Waals surface area contributed by atoms with Gasteiger partial charge < -0.3 is 15.0 Å². The molecule has 0 aliphatic carbocycles. The van der Waals surface area contributed by atoms with Gasteiger partial charge in [-0.1, -0.05) is 0 Å². The lowest BCUT2D eigenvalue weighted by Crippen LogP contribution is -2.49. The first-order valence-electron chi connectivity index (χ1n) is 6.68. The highest BCUT2D eigenvalue weighted by atomic mass is 19.2. The number of nitrogens with zero attached hydrogens (tertiary/aromatic N) is 1. The van der Waals surface area contributed by atoms with Gasteiger partial charge in [-0.25, -0.2) is 13.2 Å². The molecule has 1 aromatic carbocycles. The van der Waals surface area contributed by atoms with Crippen molar-refractivity contribution in [3.8, 4) is 0 Å². The average molecular weight is 302 g/mol. The second-order valence-electron chi connectivity index (χ2n) is 5.16. The zero-order chi connectivity index (χ0) is 15.6. The quantitative estimate of drug-likeness (QED) is 0.870. The van der Waals surface area contributed by atoms with Crippen LogP contribution >= 0.6 is 0 Å². The highest BCUT2D eigenvalue weighted by Gasteiger charge is 2.25. The van der Waals surface area contributed by atoms with E-state index >= 15 is 0 Å². The Hall–Kier alpha value is -1.76. The summed E-state index contributed by atoms with van der Waals surface area (Å²) >= 11 is 0. The molecule has 1 saturated heterocycles. The maximum absolute atomic E-state index is 13.1. The van der Waals surface area contributed by atoms with Gasteiger partial charge in [0.1, 0.15) is 0 Å². The van der Waals surface area contributed by atoms with Gasteiger partial charge in [-0.05, 0) is 13.8 Å². The van der Waals surface area contributed by atoms with Gasteiger partial charge in [-0.15, -0.1) is 0 Å². The van der Waals surface area contributed by atoms with Crippen molar-refractivity contribution in [2.24, 2.45) is 0 Å². The van der Waals surface area contributed by atoms with Crippen LogP contribution in [0, 0.1) is 17.5 Å². The van der Waals surface area contributed by atoms with Crippen LogP contribution in [0.25, 0.3) is 0 Å². The number of nitrogens with one attached hydrogen (secondary N) is 1. The number of carbonyl (C=O) groups excluding carboxylic acids is 1. The van der Waals surface area contributed by atoms with Crippen molar-refractivity contribution in [2.75, 3.05) is 25.0 Å². The molecule has 1 aliphatic rings. The molecule has 1 aliphatic heterocycles. The minimum Gasteiger partial charge on any atom is -0.376 e. The number of benzene rings is 1. The number of hydrogen-bond acceptors (Lipinski definition) is 3. The molecule has 7 heteroatoms. The zero-order valence-corrected chi connectivity index (χ0v) is 11.8. The van der Waals surface area contributed by atoms with Crippen LogP contribution in [-0.2, 0) is 9.53 Å². The predicted molar refractivity (Wildman–Crippen MR) is 71.4 cm³/mol. The number of hydrogen-bond donors (Lipinski definition) is 1. The van der Waals surface area contributed by atoms with Gasteiger partial charge in [0.15, 0.2) is 17.5 Å². The standard InChI is InChI=1S/C14H17F3N2O2/c1-8-6-19(7-9(2)21-8)13(20)5-18-10-3-11(15)14(17)12(16)4-10/h3-4,8-9,18H,5-7H2,1-2H3/t8-,9+. The molecule has 0 spiro atoms. The maximum atomic E-state index is 13.1. The molecule has 0 aromatic heterocycles. The fraction of sp³-hybridized carbons (Fsp3) is 0.500. The zero-order valence-electron chi connectivity index (χ0n) is 11.8. The Bertz CT molecular complexity index is 506. The van der Waals surface area contributed by atoms with Crippen molar-refractivity contribution in [2.45, 2.75) is 26.1 Å². The Balaban J connectivity index is 1.95. The van der Waals surface area contributed by atoms with Crippen LogP contribution in [0.15, 0.2) is 12.1 Å². The molecular formula is C14H17F3N2O2. The lowest BCUT2D eigenvalue weighted by molar-refractivity contribution is -0.141. The van der Waals surface area contributed by atoms with Gasteiger partial charge in [-0.2, -0.15) is 0 Å². The molecule has 2 rings (SSSR count). The summed E-state index contributed by atoms with van der Waals surface area (Å²) < 4.78 is 44.4. The van der Waals surface area contributed by atoms with Crippen molar-refractivity contribution in [1.82, 2.24) is 4.90 Å². The van der Waals surface area contributed by atoms with Gasteiger partial charge in [0.25, 0.3) is 0 Å². The van der Waals surface area contributed by atoms with E-state index < -0.39 is 17.5 Å². The largest absolute Gasteiger partial charge is 0.376 e. The first-order chi connectivity index (χ1) is 9.86. The third-order valence-electron chi connectivity index (χ3n) is 3.20. The van der Waals surface area contributed by atoms with Crippen molar-refractivity contribution in [3.05, 3.63) is 29.6 Å². The van der Waals surface area contributed by atoms with Crippen LogP contribution in [0.4, 0.5) is 18.9 Å². The van der Waals surface area contributed by atoms with Crippen LogP contribution in [-0.4, -0.2) is 42.6 Å². The number of carbonyl (C=O) groups is 1. The van der Waals surface area contributed by atoms with Crippen LogP contribution < -0.4 is 5.32 Å². The first-order valence-corrected chi connectivity index (χ1v) is 6.68. The Morgan fingerprint density at radius 1 is 1.24 bits per heavy atom. The highest BCUT2D eigenvalue weighted by Crippen LogP contribution is 2.17. The van der Waals surface area contributed by atoms with Crippen LogP contribution in [0.5, 0.6) is 0 Å². The Kier molecular flexibility index (Phi) is 4.72. The number of halogens is 3. The summed E-state index contributed by atoms with van der Waals surface area (Å²) in [5.74, 6) is -4.32. The summed E-state index contributed by atoms with van der Waals surface area (Å²) in [5, 5.41) is 2.60. The number of rotatable bonds is 3. The number of anilines is 1. The van der Waals surface area contributed by atoms with E-state index in [-0.39, 0.29) is 30.3 Å². The normalized spacial score (nSPS) is 22.2. The van der Waals surface area contributed by atoms with E-state index in [0.29, 0.717) is 13.1 Å². The Morgan fingerprint density at radius 3 is 2.29 bits per heavy atom. The van der Waals surface area contributed by atoms with Gasteiger partial charge in [0, 0.05) is 30.9 Å². The number of morpholine rings is 1. The third kappa shape index (κ3) is 3.87. The predicted octanol–water partition coefficient (Wildman–Crippen LogP) is 2.15. The molecule has 21 heavy (non-hydrogen) atoms.